The fraction of sp³-hybridized carbons (Fsp3) is 0.185. The van der Waals surface area contributed by atoms with Gasteiger partial charge in [-0.3, -0.25) is 9.36 Å². The summed E-state index contributed by atoms with van der Waals surface area (Å²) in [6, 6.07) is 21.1. The highest BCUT2D eigenvalue weighted by Crippen LogP contribution is 2.41. The summed E-state index contributed by atoms with van der Waals surface area (Å²) in [6.45, 7) is 1.99. The summed E-state index contributed by atoms with van der Waals surface area (Å²) in [6.07, 6.45) is 1.63. The van der Waals surface area contributed by atoms with E-state index in [9.17, 15) is 4.79 Å². The number of rotatable bonds is 10. The van der Waals surface area contributed by atoms with Gasteiger partial charge < -0.3 is 14.2 Å². The third-order valence-corrected chi connectivity index (χ3v) is 6.41. The Balaban J connectivity index is 1.60. The van der Waals surface area contributed by atoms with Gasteiger partial charge in [-0.15, -0.1) is 10.2 Å². The van der Waals surface area contributed by atoms with E-state index in [-0.39, 0.29) is 11.7 Å². The second kappa shape index (κ2) is 12.1. The third-order valence-electron chi connectivity index (χ3n) is 5.48. The first-order valence-electron chi connectivity index (χ1n) is 11.4. The second-order valence-corrected chi connectivity index (χ2v) is 8.77. The number of nitrogens with zero attached hydrogens (tertiary/aromatic N) is 4. The predicted molar refractivity (Wildman–Crippen MR) is 144 cm³/mol. The highest BCUT2D eigenvalue weighted by Gasteiger charge is 2.21. The van der Waals surface area contributed by atoms with Crippen molar-refractivity contribution in [1.82, 2.24) is 20.2 Å². The van der Waals surface area contributed by atoms with E-state index in [0.717, 1.165) is 16.8 Å². The third kappa shape index (κ3) is 5.92. The Morgan fingerprint density at radius 3 is 2.30 bits per heavy atom. The number of carbonyl (C=O) groups is 1. The fourth-order valence-electron chi connectivity index (χ4n) is 3.64. The van der Waals surface area contributed by atoms with Crippen LogP contribution in [0.15, 0.2) is 77.0 Å². The van der Waals surface area contributed by atoms with Crippen LogP contribution in [0.25, 0.3) is 17.1 Å². The normalized spacial score (nSPS) is 10.9. The molecule has 0 bridgehead atoms. The molecule has 190 valence electrons. The molecule has 4 aromatic rings. The molecule has 9 nitrogen and oxygen atoms in total. The van der Waals surface area contributed by atoms with Crippen LogP contribution < -0.4 is 19.6 Å². The lowest BCUT2D eigenvalue weighted by atomic mass is 10.1. The highest BCUT2D eigenvalue weighted by molar-refractivity contribution is 7.99. The summed E-state index contributed by atoms with van der Waals surface area (Å²) in [4.78, 5) is 12.5. The van der Waals surface area contributed by atoms with Gasteiger partial charge in [-0.25, -0.2) is 5.43 Å². The molecule has 0 atom stereocenters. The Morgan fingerprint density at radius 1 is 0.973 bits per heavy atom. The predicted octanol–water partition coefficient (Wildman–Crippen LogP) is 4.51. The molecule has 0 aliphatic carbocycles. The average Bonchev–Trinajstić information content (AvgIpc) is 3.36. The molecule has 4 rings (SSSR count). The van der Waals surface area contributed by atoms with Crippen molar-refractivity contribution in [1.29, 1.82) is 0 Å². The van der Waals surface area contributed by atoms with Crippen molar-refractivity contribution in [2.75, 3.05) is 27.1 Å². The lowest BCUT2D eigenvalue weighted by molar-refractivity contribution is -0.118. The minimum Gasteiger partial charge on any atom is -0.493 e. The molecular formula is C27H27N5O4S. The van der Waals surface area contributed by atoms with Gasteiger partial charge >= 0.3 is 0 Å². The number of hydrogen-bond donors (Lipinski definition) is 1. The molecule has 0 saturated carbocycles. The van der Waals surface area contributed by atoms with Crippen LogP contribution >= 0.6 is 11.8 Å². The first kappa shape index (κ1) is 25.8. The van der Waals surface area contributed by atoms with Gasteiger partial charge in [0.1, 0.15) is 0 Å². The number of nitrogens with one attached hydrogen (secondary N) is 1. The summed E-state index contributed by atoms with van der Waals surface area (Å²) in [5.41, 5.74) is 6.14. The van der Waals surface area contributed by atoms with Crippen LogP contribution in [0.1, 0.15) is 11.1 Å². The zero-order valence-corrected chi connectivity index (χ0v) is 21.8. The fourth-order valence-corrected chi connectivity index (χ4v) is 4.38. The molecule has 0 fully saturated rings. The standard InChI is InChI=1S/C27H27N5O4S/c1-18-10-8-9-11-19(18)16-28-29-24(33)17-37-27-31-30-26(32(27)21-12-6-5-7-13-21)20-14-22(34-2)25(36-4)23(15-20)35-3/h5-16H,17H2,1-4H3,(H,29,33)/b28-16+. The van der Waals surface area contributed by atoms with Crippen LogP contribution in [0.5, 0.6) is 17.2 Å². The Kier molecular flexibility index (Phi) is 8.42. The van der Waals surface area contributed by atoms with Gasteiger partial charge in [0, 0.05) is 11.3 Å². The molecule has 0 spiro atoms. The SMILES string of the molecule is COc1cc(-c2nnc(SCC(=O)N/N=C/c3ccccc3C)n2-c2ccccc2)cc(OC)c1OC. The minimum atomic E-state index is -0.258. The van der Waals surface area contributed by atoms with Crippen molar-refractivity contribution in [2.24, 2.45) is 5.10 Å². The number of thioether (sulfide) groups is 1. The van der Waals surface area contributed by atoms with E-state index in [4.69, 9.17) is 14.2 Å². The largest absolute Gasteiger partial charge is 0.493 e. The molecule has 3 aromatic carbocycles. The number of ether oxygens (including phenoxy) is 3. The molecule has 0 aliphatic rings. The summed E-state index contributed by atoms with van der Waals surface area (Å²) >= 11 is 1.26. The number of amides is 1. The van der Waals surface area contributed by atoms with E-state index in [1.165, 1.54) is 11.8 Å². The number of carbonyl (C=O) groups excluding carboxylic acids is 1. The lowest BCUT2D eigenvalue weighted by Gasteiger charge is -2.15. The minimum absolute atomic E-state index is 0.103. The number of aromatic nitrogens is 3. The van der Waals surface area contributed by atoms with Gasteiger partial charge in [0.05, 0.1) is 33.3 Å². The van der Waals surface area contributed by atoms with Crippen LogP contribution in [-0.4, -0.2) is 54.0 Å². The van der Waals surface area contributed by atoms with Crippen molar-refractivity contribution in [3.8, 4) is 34.3 Å². The van der Waals surface area contributed by atoms with E-state index in [1.807, 2.05) is 78.2 Å². The molecule has 1 heterocycles. The molecule has 0 unspecified atom stereocenters. The lowest BCUT2D eigenvalue weighted by Crippen LogP contribution is -2.20. The number of hydrazone groups is 1. The number of benzene rings is 3. The summed E-state index contributed by atoms with van der Waals surface area (Å²) < 4.78 is 18.4. The van der Waals surface area contributed by atoms with Gasteiger partial charge in [-0.05, 0) is 42.3 Å². The van der Waals surface area contributed by atoms with Crippen LogP contribution in [0.4, 0.5) is 0 Å². The summed E-state index contributed by atoms with van der Waals surface area (Å²) in [5.74, 6) is 1.89. The Morgan fingerprint density at radius 2 is 1.65 bits per heavy atom. The van der Waals surface area contributed by atoms with Gasteiger partial charge in [0.25, 0.3) is 5.91 Å². The van der Waals surface area contributed by atoms with Gasteiger partial charge in [0.15, 0.2) is 22.5 Å². The van der Waals surface area contributed by atoms with Crippen molar-refractivity contribution < 1.29 is 19.0 Å². The zero-order valence-electron chi connectivity index (χ0n) is 21.0. The molecule has 0 saturated heterocycles. The Bertz CT molecular complexity index is 1380. The van der Waals surface area contributed by atoms with E-state index in [1.54, 1.807) is 27.5 Å². The van der Waals surface area contributed by atoms with Gasteiger partial charge in [-0.2, -0.15) is 5.10 Å². The average molecular weight is 518 g/mol. The van der Waals surface area contributed by atoms with Crippen molar-refractivity contribution in [3.05, 3.63) is 77.9 Å². The van der Waals surface area contributed by atoms with Crippen LogP contribution in [0.3, 0.4) is 0 Å². The quantitative estimate of drug-likeness (QED) is 0.188. The maximum absolute atomic E-state index is 12.5. The zero-order chi connectivity index (χ0) is 26.2. The first-order chi connectivity index (χ1) is 18.0. The first-order valence-corrected chi connectivity index (χ1v) is 12.4. The van der Waals surface area contributed by atoms with Gasteiger partial charge in [0.2, 0.25) is 5.75 Å². The van der Waals surface area contributed by atoms with Crippen LogP contribution in [-0.2, 0) is 4.79 Å². The van der Waals surface area contributed by atoms with E-state index in [0.29, 0.717) is 33.8 Å². The van der Waals surface area contributed by atoms with Crippen LogP contribution in [0, 0.1) is 6.92 Å². The smallest absolute Gasteiger partial charge is 0.250 e. The van der Waals surface area contributed by atoms with E-state index < -0.39 is 0 Å². The highest BCUT2D eigenvalue weighted by atomic mass is 32.2. The second-order valence-electron chi connectivity index (χ2n) is 7.83. The molecule has 37 heavy (non-hydrogen) atoms. The maximum atomic E-state index is 12.5. The Labute approximate surface area is 219 Å². The molecular weight excluding hydrogens is 490 g/mol. The number of methoxy groups -OCH3 is 3. The summed E-state index contributed by atoms with van der Waals surface area (Å²) in [7, 11) is 4.67. The van der Waals surface area contributed by atoms with Gasteiger partial charge in [-0.1, -0.05) is 54.2 Å². The molecule has 1 amide bonds. The topological polar surface area (TPSA) is 99.9 Å². The van der Waals surface area contributed by atoms with E-state index >= 15 is 0 Å². The molecule has 1 N–H and O–H groups in total. The maximum Gasteiger partial charge on any atom is 0.250 e. The van der Waals surface area contributed by atoms with Crippen LogP contribution in [0.2, 0.25) is 0 Å². The number of aryl methyl sites for hydroxylation is 1. The monoisotopic (exact) mass is 517 g/mol. The number of para-hydroxylation sites is 1. The Hall–Kier alpha value is -4.31. The molecule has 1 aromatic heterocycles. The van der Waals surface area contributed by atoms with Crippen molar-refractivity contribution in [3.63, 3.8) is 0 Å². The van der Waals surface area contributed by atoms with Crippen molar-refractivity contribution >= 4 is 23.9 Å². The van der Waals surface area contributed by atoms with Crippen molar-refractivity contribution in [2.45, 2.75) is 12.1 Å². The molecule has 0 radical (unpaired) electrons. The molecule has 0 aliphatic heterocycles. The molecule has 10 heteroatoms. The van der Waals surface area contributed by atoms with E-state index in [2.05, 4.69) is 20.7 Å². The summed E-state index contributed by atoms with van der Waals surface area (Å²) in [5, 5.41) is 13.4. The number of hydrogen-bond acceptors (Lipinski definition) is 8.